The molecule has 0 spiro atoms. The fourth-order valence-electron chi connectivity index (χ4n) is 3.42. The molecule has 0 fully saturated rings. The fourth-order valence-corrected chi connectivity index (χ4v) is 3.42. The van der Waals surface area contributed by atoms with E-state index in [9.17, 15) is 19.5 Å². The van der Waals surface area contributed by atoms with Crippen LogP contribution in [0.25, 0.3) is 11.3 Å². The number of anilines is 2. The molecule has 12 nitrogen and oxygen atoms in total. The first kappa shape index (κ1) is 25.7. The molecular weight excluding hydrogens is 466 g/mol. The van der Waals surface area contributed by atoms with Gasteiger partial charge in [0.25, 0.3) is 5.56 Å². The van der Waals surface area contributed by atoms with Crippen molar-refractivity contribution in [3.63, 3.8) is 0 Å². The summed E-state index contributed by atoms with van der Waals surface area (Å²) >= 11 is 0. The number of benzene rings is 2. The summed E-state index contributed by atoms with van der Waals surface area (Å²) in [6.45, 7) is 3.51. The van der Waals surface area contributed by atoms with Crippen molar-refractivity contribution in [2.45, 2.75) is 33.0 Å². The van der Waals surface area contributed by atoms with Crippen LogP contribution in [0, 0.1) is 0 Å². The van der Waals surface area contributed by atoms with Crippen molar-refractivity contribution in [3.05, 3.63) is 75.7 Å². The van der Waals surface area contributed by atoms with E-state index in [0.717, 1.165) is 5.56 Å². The number of nitrogens with two attached hydrogens (primary N) is 2. The molecule has 0 saturated heterocycles. The third kappa shape index (κ3) is 6.17. The lowest BCUT2D eigenvalue weighted by Gasteiger charge is -2.16. The Bertz CT molecular complexity index is 1360. The lowest BCUT2D eigenvalue weighted by molar-refractivity contribution is -0.121. The molecule has 0 aliphatic rings. The van der Waals surface area contributed by atoms with Crippen molar-refractivity contribution >= 4 is 29.2 Å². The van der Waals surface area contributed by atoms with E-state index in [1.807, 2.05) is 13.8 Å². The fraction of sp³-hybridized carbons (Fsp3) is 0.208. The molecule has 0 bridgehead atoms. The molecule has 0 saturated carbocycles. The van der Waals surface area contributed by atoms with Crippen LogP contribution in [0.1, 0.15) is 35.3 Å². The lowest BCUT2D eigenvalue weighted by atomic mass is 10.1. The topological polar surface area (TPSA) is 198 Å². The minimum absolute atomic E-state index is 0.0337. The number of amidine groups is 1. The van der Waals surface area contributed by atoms with Crippen molar-refractivity contribution in [1.29, 1.82) is 0 Å². The number of nitrogens with one attached hydrogen (secondary N) is 2. The van der Waals surface area contributed by atoms with Crippen LogP contribution in [0.4, 0.5) is 11.5 Å². The molecular formula is C24H27N7O5. The zero-order chi connectivity index (χ0) is 26.4. The first-order valence-corrected chi connectivity index (χ1v) is 10.9. The summed E-state index contributed by atoms with van der Waals surface area (Å²) in [5, 5.41) is 26.8. The Balaban J connectivity index is 1.91. The molecule has 0 radical (unpaired) electrons. The summed E-state index contributed by atoms with van der Waals surface area (Å²) in [5.41, 5.74) is 12.9. The van der Waals surface area contributed by atoms with Crippen LogP contribution in [0.5, 0.6) is 0 Å². The normalized spacial score (nSPS) is 11.4. The Kier molecular flexibility index (Phi) is 7.89. The summed E-state index contributed by atoms with van der Waals surface area (Å²) in [6, 6.07) is 10.8. The van der Waals surface area contributed by atoms with Crippen molar-refractivity contribution in [1.82, 2.24) is 14.9 Å². The molecule has 1 aromatic heterocycles. The minimum atomic E-state index is -1.18. The van der Waals surface area contributed by atoms with Gasteiger partial charge in [-0.15, -0.1) is 0 Å². The van der Waals surface area contributed by atoms with E-state index >= 15 is 0 Å². The van der Waals surface area contributed by atoms with Gasteiger partial charge in [0.1, 0.15) is 6.54 Å². The van der Waals surface area contributed by atoms with Gasteiger partial charge in [-0.1, -0.05) is 29.4 Å². The second-order valence-corrected chi connectivity index (χ2v) is 8.29. The van der Waals surface area contributed by atoms with Crippen molar-refractivity contribution in [3.8, 4) is 11.3 Å². The number of hydrogen-bond acceptors (Lipinski definition) is 8. The molecule has 0 atom stereocenters. The lowest BCUT2D eigenvalue weighted by Crippen LogP contribution is -2.35. The number of nitrogens with zero attached hydrogens (tertiary/aromatic N) is 3. The number of aromatic carboxylic acids is 1. The predicted molar refractivity (Wildman–Crippen MR) is 135 cm³/mol. The van der Waals surface area contributed by atoms with Gasteiger partial charge in [0, 0.05) is 29.4 Å². The number of rotatable bonds is 9. The molecule has 2 aromatic carbocycles. The number of carbonyl (C=O) groups excluding carboxylic acids is 1. The number of hydrogen-bond donors (Lipinski definition) is 6. The van der Waals surface area contributed by atoms with Crippen LogP contribution >= 0.6 is 0 Å². The molecule has 0 aliphatic heterocycles. The zero-order valence-electron chi connectivity index (χ0n) is 19.7. The van der Waals surface area contributed by atoms with Gasteiger partial charge in [-0.2, -0.15) is 0 Å². The number of carboxylic acids is 1. The molecule has 1 heterocycles. The number of carboxylic acid groups (broad SMARTS) is 1. The maximum atomic E-state index is 13.2. The summed E-state index contributed by atoms with van der Waals surface area (Å²) in [6.07, 6.45) is 1.39. The van der Waals surface area contributed by atoms with Crippen molar-refractivity contribution < 1.29 is 19.9 Å². The summed E-state index contributed by atoms with van der Waals surface area (Å²) in [7, 11) is 0. The van der Waals surface area contributed by atoms with Gasteiger partial charge in [-0.25, -0.2) is 9.78 Å². The van der Waals surface area contributed by atoms with Crippen LogP contribution < -0.4 is 27.7 Å². The molecule has 12 heteroatoms. The van der Waals surface area contributed by atoms with Gasteiger partial charge in [0.15, 0.2) is 11.7 Å². The Morgan fingerprint density at radius 3 is 2.44 bits per heavy atom. The number of amides is 1. The first-order valence-electron chi connectivity index (χ1n) is 10.9. The van der Waals surface area contributed by atoms with Gasteiger partial charge in [-0.3, -0.25) is 14.2 Å². The molecule has 3 rings (SSSR count). The van der Waals surface area contributed by atoms with Gasteiger partial charge in [0.05, 0.1) is 17.5 Å². The highest BCUT2D eigenvalue weighted by Crippen LogP contribution is 2.23. The molecule has 3 aromatic rings. The van der Waals surface area contributed by atoms with Crippen molar-refractivity contribution in [2.75, 3.05) is 11.1 Å². The standard InChI is InChI=1S/C24H27N7O5/c1-13(2)29-22-23(33)31(19(11-28-22)16-7-17(24(34)35)9-18(25)8-16)12-20(32)27-10-14-3-5-15(6-4-14)21(26)30-36/h3-9,11,13,36H,10,12,25H2,1-2H3,(H2,26,30)(H,27,32)(H,28,29)(H,34,35). The number of oxime groups is 1. The molecule has 36 heavy (non-hydrogen) atoms. The van der Waals surface area contributed by atoms with E-state index in [1.54, 1.807) is 24.3 Å². The van der Waals surface area contributed by atoms with Crippen LogP contribution in [0.15, 0.2) is 58.6 Å². The second kappa shape index (κ2) is 11.0. The molecule has 0 aliphatic carbocycles. The number of carbonyl (C=O) groups is 2. The van der Waals surface area contributed by atoms with E-state index in [0.29, 0.717) is 11.1 Å². The van der Waals surface area contributed by atoms with Crippen molar-refractivity contribution in [2.24, 2.45) is 10.9 Å². The Morgan fingerprint density at radius 2 is 1.83 bits per heavy atom. The summed E-state index contributed by atoms with van der Waals surface area (Å²) in [4.78, 5) is 41.7. The predicted octanol–water partition coefficient (Wildman–Crippen LogP) is 1.42. The largest absolute Gasteiger partial charge is 0.478 e. The number of aromatic nitrogens is 2. The van der Waals surface area contributed by atoms with Gasteiger partial charge < -0.3 is 32.4 Å². The highest BCUT2D eigenvalue weighted by molar-refractivity contribution is 5.97. The van der Waals surface area contributed by atoms with Gasteiger partial charge in [0.2, 0.25) is 5.91 Å². The van der Waals surface area contributed by atoms with E-state index in [-0.39, 0.29) is 47.7 Å². The molecule has 8 N–H and O–H groups in total. The smallest absolute Gasteiger partial charge is 0.335 e. The van der Waals surface area contributed by atoms with E-state index in [4.69, 9.17) is 16.7 Å². The first-order chi connectivity index (χ1) is 17.1. The second-order valence-electron chi connectivity index (χ2n) is 8.29. The Morgan fingerprint density at radius 1 is 1.14 bits per heavy atom. The van der Waals surface area contributed by atoms with E-state index < -0.39 is 17.4 Å². The maximum absolute atomic E-state index is 13.2. The van der Waals surface area contributed by atoms with Crippen LogP contribution in [-0.2, 0) is 17.9 Å². The van der Waals surface area contributed by atoms with E-state index in [1.165, 1.54) is 29.0 Å². The van der Waals surface area contributed by atoms with Gasteiger partial charge >= 0.3 is 5.97 Å². The average Bonchev–Trinajstić information content (AvgIpc) is 2.84. The van der Waals surface area contributed by atoms with Crippen LogP contribution in [-0.4, -0.2) is 43.6 Å². The maximum Gasteiger partial charge on any atom is 0.335 e. The molecule has 188 valence electrons. The summed E-state index contributed by atoms with van der Waals surface area (Å²) in [5.74, 6) is -1.61. The molecule has 0 unspecified atom stereocenters. The van der Waals surface area contributed by atoms with Crippen LogP contribution in [0.2, 0.25) is 0 Å². The van der Waals surface area contributed by atoms with Gasteiger partial charge in [-0.05, 0) is 37.6 Å². The average molecular weight is 494 g/mol. The summed E-state index contributed by atoms with van der Waals surface area (Å²) < 4.78 is 1.22. The minimum Gasteiger partial charge on any atom is -0.478 e. The Hall–Kier alpha value is -4.87. The number of nitrogen functional groups attached to an aromatic ring is 1. The zero-order valence-corrected chi connectivity index (χ0v) is 19.7. The third-order valence-electron chi connectivity index (χ3n) is 5.13. The monoisotopic (exact) mass is 493 g/mol. The van der Waals surface area contributed by atoms with Crippen LogP contribution in [0.3, 0.4) is 0 Å². The highest BCUT2D eigenvalue weighted by atomic mass is 16.4. The van der Waals surface area contributed by atoms with E-state index in [2.05, 4.69) is 20.8 Å². The Labute approximate surface area is 206 Å². The molecule has 1 amide bonds. The SMILES string of the molecule is CC(C)Nc1ncc(-c2cc(N)cc(C(=O)O)c2)n(CC(=O)NCc2ccc(C(N)=NO)cc2)c1=O. The third-order valence-corrected chi connectivity index (χ3v) is 5.13. The quantitative estimate of drug-likeness (QED) is 0.0839. The highest BCUT2D eigenvalue weighted by Gasteiger charge is 2.17.